The van der Waals surface area contributed by atoms with Gasteiger partial charge in [-0.1, -0.05) is 6.92 Å². The molecule has 2 rings (SSSR count). The number of anilines is 1. The third-order valence-corrected chi connectivity index (χ3v) is 4.03. The molecule has 2 atom stereocenters. The van der Waals surface area contributed by atoms with Crippen LogP contribution in [0.2, 0.25) is 0 Å². The SMILES string of the molecule is CCNC(C)c1ccnc(N2CCCC(COC)C2)c1. The summed E-state index contributed by atoms with van der Waals surface area (Å²) < 4.78 is 5.30. The van der Waals surface area contributed by atoms with Crippen LogP contribution in [-0.4, -0.2) is 38.3 Å². The Kier molecular flexibility index (Phi) is 5.80. The highest BCUT2D eigenvalue weighted by Gasteiger charge is 2.21. The quantitative estimate of drug-likeness (QED) is 0.867. The molecule has 0 radical (unpaired) electrons. The van der Waals surface area contributed by atoms with Gasteiger partial charge in [0, 0.05) is 32.4 Å². The van der Waals surface area contributed by atoms with Crippen molar-refractivity contribution in [3.8, 4) is 0 Å². The zero-order chi connectivity index (χ0) is 14.4. The molecule has 0 spiro atoms. The average molecular weight is 277 g/mol. The van der Waals surface area contributed by atoms with E-state index in [2.05, 4.69) is 41.2 Å². The molecular weight excluding hydrogens is 250 g/mol. The first-order valence-electron chi connectivity index (χ1n) is 7.67. The number of piperidine rings is 1. The Morgan fingerprint density at radius 1 is 1.55 bits per heavy atom. The Bertz CT molecular complexity index is 408. The summed E-state index contributed by atoms with van der Waals surface area (Å²) in [5.74, 6) is 1.73. The average Bonchev–Trinajstić information content (AvgIpc) is 2.48. The van der Waals surface area contributed by atoms with Crippen molar-refractivity contribution >= 4 is 5.82 Å². The Balaban J connectivity index is 2.06. The number of ether oxygens (including phenoxy) is 1. The molecule has 1 aliphatic heterocycles. The van der Waals surface area contributed by atoms with E-state index in [0.29, 0.717) is 12.0 Å². The smallest absolute Gasteiger partial charge is 0.128 e. The zero-order valence-electron chi connectivity index (χ0n) is 12.9. The molecule has 112 valence electrons. The molecule has 0 bridgehead atoms. The maximum atomic E-state index is 5.30. The van der Waals surface area contributed by atoms with Gasteiger partial charge in [-0.25, -0.2) is 4.98 Å². The predicted octanol–water partition coefficient (Wildman–Crippen LogP) is 2.61. The first kappa shape index (κ1) is 15.3. The summed E-state index contributed by atoms with van der Waals surface area (Å²) in [7, 11) is 1.79. The highest BCUT2D eigenvalue weighted by molar-refractivity contribution is 5.42. The molecular formula is C16H27N3O. The van der Waals surface area contributed by atoms with Crippen molar-refractivity contribution in [2.45, 2.75) is 32.7 Å². The van der Waals surface area contributed by atoms with Crippen LogP contribution in [0.5, 0.6) is 0 Å². The molecule has 0 saturated carbocycles. The van der Waals surface area contributed by atoms with Gasteiger partial charge in [0.1, 0.15) is 5.82 Å². The molecule has 1 aromatic heterocycles. The maximum Gasteiger partial charge on any atom is 0.128 e. The largest absolute Gasteiger partial charge is 0.384 e. The molecule has 1 aromatic rings. The number of aromatic nitrogens is 1. The summed E-state index contributed by atoms with van der Waals surface area (Å²) in [5.41, 5.74) is 1.31. The summed E-state index contributed by atoms with van der Waals surface area (Å²) in [6.45, 7) is 8.33. The van der Waals surface area contributed by atoms with Gasteiger partial charge in [0.15, 0.2) is 0 Å². The van der Waals surface area contributed by atoms with E-state index < -0.39 is 0 Å². The van der Waals surface area contributed by atoms with E-state index in [9.17, 15) is 0 Å². The standard InChI is InChI=1S/C16H27N3O/c1-4-17-13(2)15-7-8-18-16(10-15)19-9-5-6-14(11-19)12-20-3/h7-8,10,13-14,17H,4-6,9,11-12H2,1-3H3. The number of methoxy groups -OCH3 is 1. The van der Waals surface area contributed by atoms with Crippen LogP contribution in [0.4, 0.5) is 5.82 Å². The van der Waals surface area contributed by atoms with Crippen LogP contribution in [-0.2, 0) is 4.74 Å². The summed E-state index contributed by atoms with van der Waals surface area (Å²) >= 11 is 0. The highest BCUT2D eigenvalue weighted by atomic mass is 16.5. The van der Waals surface area contributed by atoms with E-state index in [4.69, 9.17) is 4.74 Å². The minimum Gasteiger partial charge on any atom is -0.384 e. The lowest BCUT2D eigenvalue weighted by Gasteiger charge is -2.33. The second-order valence-electron chi connectivity index (χ2n) is 5.64. The number of rotatable bonds is 6. The lowest BCUT2D eigenvalue weighted by atomic mass is 9.99. The van der Waals surface area contributed by atoms with E-state index in [1.54, 1.807) is 7.11 Å². The van der Waals surface area contributed by atoms with E-state index in [-0.39, 0.29) is 0 Å². The number of nitrogens with one attached hydrogen (secondary N) is 1. The molecule has 0 aliphatic carbocycles. The third kappa shape index (κ3) is 3.93. The summed E-state index contributed by atoms with van der Waals surface area (Å²) in [6.07, 6.45) is 4.42. The summed E-state index contributed by atoms with van der Waals surface area (Å²) in [4.78, 5) is 6.96. The van der Waals surface area contributed by atoms with Gasteiger partial charge >= 0.3 is 0 Å². The molecule has 1 N–H and O–H groups in total. The Hall–Kier alpha value is -1.13. The van der Waals surface area contributed by atoms with Crippen molar-refractivity contribution in [1.29, 1.82) is 0 Å². The van der Waals surface area contributed by atoms with Gasteiger partial charge in [-0.05, 0) is 49.9 Å². The van der Waals surface area contributed by atoms with Gasteiger partial charge in [-0.3, -0.25) is 0 Å². The maximum absolute atomic E-state index is 5.30. The predicted molar refractivity (Wildman–Crippen MR) is 83.1 cm³/mol. The first-order valence-corrected chi connectivity index (χ1v) is 7.67. The van der Waals surface area contributed by atoms with Crippen molar-refractivity contribution in [2.24, 2.45) is 5.92 Å². The lowest BCUT2D eigenvalue weighted by molar-refractivity contribution is 0.143. The van der Waals surface area contributed by atoms with Gasteiger partial charge in [0.25, 0.3) is 0 Å². The highest BCUT2D eigenvalue weighted by Crippen LogP contribution is 2.24. The normalized spacial score (nSPS) is 20.9. The second kappa shape index (κ2) is 7.60. The van der Waals surface area contributed by atoms with Crippen LogP contribution in [0, 0.1) is 5.92 Å². The van der Waals surface area contributed by atoms with Gasteiger partial charge in [-0.15, -0.1) is 0 Å². The summed E-state index contributed by atoms with van der Waals surface area (Å²) in [5, 5.41) is 3.45. The van der Waals surface area contributed by atoms with Crippen molar-refractivity contribution in [2.75, 3.05) is 38.3 Å². The topological polar surface area (TPSA) is 37.4 Å². The van der Waals surface area contributed by atoms with Crippen molar-refractivity contribution in [1.82, 2.24) is 10.3 Å². The Labute approximate surface area is 122 Å². The number of hydrogen-bond donors (Lipinski definition) is 1. The van der Waals surface area contributed by atoms with Crippen molar-refractivity contribution in [3.05, 3.63) is 23.9 Å². The monoisotopic (exact) mass is 277 g/mol. The van der Waals surface area contributed by atoms with Crippen LogP contribution in [0.25, 0.3) is 0 Å². The molecule has 20 heavy (non-hydrogen) atoms. The molecule has 2 unspecified atom stereocenters. The number of nitrogens with zero attached hydrogens (tertiary/aromatic N) is 2. The molecule has 4 heteroatoms. The molecule has 2 heterocycles. The van der Waals surface area contributed by atoms with Crippen LogP contribution < -0.4 is 10.2 Å². The fourth-order valence-corrected chi connectivity index (χ4v) is 2.95. The third-order valence-electron chi connectivity index (χ3n) is 4.03. The van der Waals surface area contributed by atoms with Crippen LogP contribution in [0.1, 0.15) is 38.3 Å². The molecule has 0 amide bonds. The molecule has 1 aliphatic rings. The summed E-state index contributed by atoms with van der Waals surface area (Å²) in [6, 6.07) is 4.71. The van der Waals surface area contributed by atoms with Gasteiger partial charge < -0.3 is 15.0 Å². The van der Waals surface area contributed by atoms with Gasteiger partial charge in [0.2, 0.25) is 0 Å². The van der Waals surface area contributed by atoms with Crippen molar-refractivity contribution < 1.29 is 4.74 Å². The second-order valence-corrected chi connectivity index (χ2v) is 5.64. The van der Waals surface area contributed by atoms with Crippen LogP contribution in [0.15, 0.2) is 18.3 Å². The van der Waals surface area contributed by atoms with Crippen LogP contribution in [0.3, 0.4) is 0 Å². The lowest BCUT2D eigenvalue weighted by Crippen LogP contribution is -2.37. The van der Waals surface area contributed by atoms with Crippen molar-refractivity contribution in [3.63, 3.8) is 0 Å². The molecule has 4 nitrogen and oxygen atoms in total. The Morgan fingerprint density at radius 3 is 3.15 bits per heavy atom. The van der Waals surface area contributed by atoms with E-state index in [1.165, 1.54) is 18.4 Å². The minimum absolute atomic E-state index is 0.376. The number of hydrogen-bond acceptors (Lipinski definition) is 4. The molecule has 0 aromatic carbocycles. The molecule has 1 saturated heterocycles. The van der Waals surface area contributed by atoms with Gasteiger partial charge in [-0.2, -0.15) is 0 Å². The Morgan fingerprint density at radius 2 is 2.40 bits per heavy atom. The fourth-order valence-electron chi connectivity index (χ4n) is 2.95. The fraction of sp³-hybridized carbons (Fsp3) is 0.688. The van der Waals surface area contributed by atoms with E-state index in [0.717, 1.165) is 32.1 Å². The van der Waals surface area contributed by atoms with Crippen LogP contribution >= 0.6 is 0 Å². The number of pyridine rings is 1. The minimum atomic E-state index is 0.376. The molecule has 1 fully saturated rings. The van der Waals surface area contributed by atoms with E-state index in [1.807, 2.05) is 6.20 Å². The zero-order valence-corrected chi connectivity index (χ0v) is 12.9. The van der Waals surface area contributed by atoms with Gasteiger partial charge in [0.05, 0.1) is 6.61 Å². The first-order chi connectivity index (χ1) is 9.74. The van der Waals surface area contributed by atoms with E-state index >= 15 is 0 Å².